The Labute approximate surface area is 96.5 Å². The van der Waals surface area contributed by atoms with E-state index in [4.69, 9.17) is 10.5 Å². The zero-order valence-corrected chi connectivity index (χ0v) is 9.98. The summed E-state index contributed by atoms with van der Waals surface area (Å²) in [4.78, 5) is 6.40. The second-order valence-electron chi connectivity index (χ2n) is 3.17. The molecule has 0 radical (unpaired) electrons. The van der Waals surface area contributed by atoms with Crippen molar-refractivity contribution in [3.63, 3.8) is 0 Å². The first-order chi connectivity index (χ1) is 7.29. The summed E-state index contributed by atoms with van der Waals surface area (Å²) < 4.78 is 5.13. The van der Waals surface area contributed by atoms with Crippen LogP contribution in [0.25, 0.3) is 0 Å². The minimum Gasteiger partial charge on any atom is -0.496 e. The van der Waals surface area contributed by atoms with Gasteiger partial charge in [-0.25, -0.2) is 0 Å². The molecule has 5 heteroatoms. The van der Waals surface area contributed by atoms with Gasteiger partial charge >= 0.3 is 0 Å². The van der Waals surface area contributed by atoms with Gasteiger partial charge in [-0.15, -0.1) is 22.7 Å². The molecular weight excluding hydrogens is 228 g/mol. The van der Waals surface area contributed by atoms with E-state index in [-0.39, 0.29) is 6.04 Å². The van der Waals surface area contributed by atoms with E-state index in [2.05, 4.69) is 4.98 Å². The molecule has 1 atom stereocenters. The Morgan fingerprint density at radius 2 is 2.40 bits per heavy atom. The van der Waals surface area contributed by atoms with E-state index in [0.29, 0.717) is 0 Å². The van der Waals surface area contributed by atoms with Crippen molar-refractivity contribution in [3.05, 3.63) is 32.9 Å². The van der Waals surface area contributed by atoms with Gasteiger partial charge in [0.05, 0.1) is 12.6 Å². The molecule has 0 saturated carbocycles. The van der Waals surface area contributed by atoms with E-state index < -0.39 is 0 Å². The number of nitrogens with zero attached hydrogens (tertiary/aromatic N) is 1. The summed E-state index contributed by atoms with van der Waals surface area (Å²) in [5.41, 5.74) is 7.92. The predicted octanol–water partition coefficient (Wildman–Crippen LogP) is 2.46. The predicted molar refractivity (Wildman–Crippen MR) is 63.6 cm³/mol. The Balaban J connectivity index is 2.04. The first kappa shape index (κ1) is 10.6. The molecule has 80 valence electrons. The van der Waals surface area contributed by atoms with Crippen molar-refractivity contribution in [2.45, 2.75) is 12.5 Å². The Hall–Kier alpha value is -0.910. The van der Waals surface area contributed by atoms with Gasteiger partial charge in [-0.05, 0) is 6.07 Å². The van der Waals surface area contributed by atoms with Crippen LogP contribution < -0.4 is 10.5 Å². The van der Waals surface area contributed by atoms with Crippen LogP contribution in [0.4, 0.5) is 0 Å². The minimum absolute atomic E-state index is 0.0411. The number of thiophene rings is 1. The second-order valence-corrected chi connectivity index (χ2v) is 5.08. The molecule has 0 aliphatic rings. The molecule has 0 spiro atoms. The molecular formula is C10H12N2OS2. The van der Waals surface area contributed by atoms with Gasteiger partial charge in [-0.2, -0.15) is 0 Å². The fourth-order valence-corrected chi connectivity index (χ4v) is 2.81. The normalized spacial score (nSPS) is 12.7. The van der Waals surface area contributed by atoms with E-state index in [9.17, 15) is 0 Å². The third-order valence-electron chi connectivity index (χ3n) is 2.10. The summed E-state index contributed by atoms with van der Waals surface area (Å²) in [6.07, 6.45) is 2.71. The van der Waals surface area contributed by atoms with Crippen molar-refractivity contribution in [1.82, 2.24) is 4.98 Å². The molecule has 0 aromatic carbocycles. The van der Waals surface area contributed by atoms with Crippen molar-refractivity contribution < 1.29 is 4.74 Å². The van der Waals surface area contributed by atoms with Gasteiger partial charge in [0, 0.05) is 33.8 Å². The highest BCUT2D eigenvalue weighted by Gasteiger charge is 2.11. The third-order valence-corrected chi connectivity index (χ3v) is 3.95. The fraction of sp³-hybridized carbons (Fsp3) is 0.300. The molecule has 2 rings (SSSR count). The van der Waals surface area contributed by atoms with E-state index in [1.165, 1.54) is 4.88 Å². The number of methoxy groups -OCH3 is 1. The van der Waals surface area contributed by atoms with Crippen molar-refractivity contribution >= 4 is 22.7 Å². The zero-order valence-electron chi connectivity index (χ0n) is 8.34. The van der Waals surface area contributed by atoms with Crippen molar-refractivity contribution in [2.75, 3.05) is 7.11 Å². The Bertz CT molecular complexity index is 411. The van der Waals surface area contributed by atoms with Crippen LogP contribution in [-0.4, -0.2) is 12.1 Å². The number of rotatable bonds is 4. The molecule has 2 aromatic rings. The summed E-state index contributed by atoms with van der Waals surface area (Å²) in [5, 5.41) is 1.97. The topological polar surface area (TPSA) is 48.1 Å². The van der Waals surface area contributed by atoms with Crippen LogP contribution in [0.3, 0.4) is 0 Å². The summed E-state index contributed by atoms with van der Waals surface area (Å²) in [7, 11) is 1.67. The van der Waals surface area contributed by atoms with Gasteiger partial charge in [0.2, 0.25) is 0 Å². The van der Waals surface area contributed by atoms with Crippen LogP contribution in [0.1, 0.15) is 15.8 Å². The molecule has 0 fully saturated rings. The summed E-state index contributed by atoms with van der Waals surface area (Å²) in [5.74, 6) is 0.884. The lowest BCUT2D eigenvalue weighted by Gasteiger charge is -2.06. The lowest BCUT2D eigenvalue weighted by Crippen LogP contribution is -2.10. The van der Waals surface area contributed by atoms with Crippen LogP contribution in [-0.2, 0) is 6.42 Å². The third kappa shape index (κ3) is 2.56. The van der Waals surface area contributed by atoms with Crippen molar-refractivity contribution in [2.24, 2.45) is 5.73 Å². The average molecular weight is 240 g/mol. The van der Waals surface area contributed by atoms with Gasteiger partial charge < -0.3 is 10.5 Å². The molecule has 2 aromatic heterocycles. The van der Waals surface area contributed by atoms with Crippen LogP contribution >= 0.6 is 22.7 Å². The number of ether oxygens (including phenoxy) is 1. The summed E-state index contributed by atoms with van der Waals surface area (Å²) in [6.45, 7) is 0. The van der Waals surface area contributed by atoms with Crippen LogP contribution in [0.5, 0.6) is 5.75 Å². The molecule has 3 nitrogen and oxygen atoms in total. The highest BCUT2D eigenvalue weighted by molar-refractivity contribution is 7.10. The van der Waals surface area contributed by atoms with Crippen LogP contribution in [0.2, 0.25) is 0 Å². The molecule has 0 amide bonds. The highest BCUT2D eigenvalue weighted by Crippen LogP contribution is 2.28. The van der Waals surface area contributed by atoms with E-state index in [1.54, 1.807) is 29.8 Å². The Kier molecular flexibility index (Phi) is 3.35. The average Bonchev–Trinajstić information content (AvgIpc) is 2.86. The van der Waals surface area contributed by atoms with E-state index >= 15 is 0 Å². The fourth-order valence-electron chi connectivity index (χ4n) is 1.30. The second kappa shape index (κ2) is 4.74. The maximum atomic E-state index is 6.09. The molecule has 0 aliphatic heterocycles. The van der Waals surface area contributed by atoms with Gasteiger partial charge in [-0.1, -0.05) is 0 Å². The number of nitrogens with two attached hydrogens (primary N) is 1. The van der Waals surface area contributed by atoms with Gasteiger partial charge in [0.15, 0.2) is 0 Å². The molecule has 0 aliphatic carbocycles. The molecule has 15 heavy (non-hydrogen) atoms. The number of hydrogen-bond acceptors (Lipinski definition) is 5. The molecule has 0 saturated heterocycles. The van der Waals surface area contributed by atoms with Crippen molar-refractivity contribution in [1.29, 1.82) is 0 Å². The molecule has 2 N–H and O–H groups in total. The van der Waals surface area contributed by atoms with Gasteiger partial charge in [-0.3, -0.25) is 4.98 Å². The standard InChI is InChI=1S/C10H12N2OS2/c1-13-7-2-10(14-5-7)9(11)3-8-4-12-6-15-8/h2,4-6,9H,3,11H2,1H3. The maximum absolute atomic E-state index is 6.09. The number of aromatic nitrogens is 1. The Morgan fingerprint density at radius 3 is 3.00 bits per heavy atom. The highest BCUT2D eigenvalue weighted by atomic mass is 32.1. The largest absolute Gasteiger partial charge is 0.496 e. The lowest BCUT2D eigenvalue weighted by atomic mass is 10.2. The lowest BCUT2D eigenvalue weighted by molar-refractivity contribution is 0.416. The SMILES string of the molecule is COc1csc(C(N)Cc2cncs2)c1. The maximum Gasteiger partial charge on any atom is 0.129 e. The monoisotopic (exact) mass is 240 g/mol. The van der Waals surface area contributed by atoms with E-state index in [0.717, 1.165) is 17.0 Å². The van der Waals surface area contributed by atoms with Crippen LogP contribution in [0, 0.1) is 0 Å². The molecule has 2 heterocycles. The first-order valence-corrected chi connectivity index (χ1v) is 6.31. The van der Waals surface area contributed by atoms with Gasteiger partial charge in [0.1, 0.15) is 5.75 Å². The van der Waals surface area contributed by atoms with Gasteiger partial charge in [0.25, 0.3) is 0 Å². The Morgan fingerprint density at radius 1 is 1.53 bits per heavy atom. The van der Waals surface area contributed by atoms with Crippen molar-refractivity contribution in [3.8, 4) is 5.75 Å². The minimum atomic E-state index is 0.0411. The first-order valence-electron chi connectivity index (χ1n) is 4.55. The molecule has 0 bridgehead atoms. The van der Waals surface area contributed by atoms with Crippen LogP contribution in [0.15, 0.2) is 23.2 Å². The summed E-state index contributed by atoms with van der Waals surface area (Å²) >= 11 is 3.28. The summed E-state index contributed by atoms with van der Waals surface area (Å²) in [6, 6.07) is 2.04. The smallest absolute Gasteiger partial charge is 0.129 e. The number of hydrogen-bond donors (Lipinski definition) is 1. The zero-order chi connectivity index (χ0) is 10.7. The number of thiazole rings is 1. The molecule has 1 unspecified atom stereocenters. The quantitative estimate of drug-likeness (QED) is 0.893. The van der Waals surface area contributed by atoms with E-state index in [1.807, 2.05) is 23.2 Å².